The molecule has 1 aromatic carbocycles. The molecule has 100 valence electrons. The van der Waals surface area contributed by atoms with Crippen LogP contribution in [0, 0.1) is 13.8 Å². The van der Waals surface area contributed by atoms with E-state index >= 15 is 0 Å². The van der Waals surface area contributed by atoms with Crippen LogP contribution in [-0.2, 0) is 0 Å². The van der Waals surface area contributed by atoms with Crippen molar-refractivity contribution in [3.63, 3.8) is 0 Å². The Morgan fingerprint density at radius 2 is 1.79 bits per heavy atom. The summed E-state index contributed by atoms with van der Waals surface area (Å²) in [6, 6.07) is 6.10. The maximum absolute atomic E-state index is 11.2. The summed E-state index contributed by atoms with van der Waals surface area (Å²) in [5.74, 6) is 0.157. The van der Waals surface area contributed by atoms with Crippen LogP contribution in [0.5, 0.6) is 0 Å². The number of nitrogens with zero attached hydrogens (tertiary/aromatic N) is 2. The van der Waals surface area contributed by atoms with E-state index in [0.29, 0.717) is 10.7 Å². The summed E-state index contributed by atoms with van der Waals surface area (Å²) >= 11 is 6.28. The van der Waals surface area contributed by atoms with E-state index in [2.05, 4.69) is 11.2 Å². The maximum Gasteiger partial charge on any atom is 0.155 e. The largest absolute Gasteiger partial charge is 0.298 e. The average Bonchev–Trinajstić information content (AvgIpc) is 2.65. The summed E-state index contributed by atoms with van der Waals surface area (Å²) in [6.45, 7) is 8.05. The lowest BCUT2D eigenvalue weighted by molar-refractivity contribution is 0.112. The molecule has 1 heterocycles. The minimum absolute atomic E-state index is 0.157. The summed E-state index contributed by atoms with van der Waals surface area (Å²) in [7, 11) is 0. The van der Waals surface area contributed by atoms with Gasteiger partial charge in [0.25, 0.3) is 0 Å². The number of carbonyl (C=O) groups is 1. The fraction of sp³-hybridized carbons (Fsp3) is 0.333. The Labute approximate surface area is 118 Å². The molecule has 0 atom stereocenters. The van der Waals surface area contributed by atoms with Gasteiger partial charge in [-0.25, -0.2) is 4.68 Å². The van der Waals surface area contributed by atoms with Gasteiger partial charge in [-0.3, -0.25) is 4.79 Å². The van der Waals surface area contributed by atoms with E-state index in [1.54, 1.807) is 4.68 Å². The Morgan fingerprint density at radius 1 is 1.21 bits per heavy atom. The molecule has 0 bridgehead atoms. The minimum atomic E-state index is 0.157. The first kappa shape index (κ1) is 13.8. The van der Waals surface area contributed by atoms with Crippen LogP contribution in [-0.4, -0.2) is 16.1 Å². The molecular weight excluding hydrogens is 260 g/mol. The first-order valence-corrected chi connectivity index (χ1v) is 6.64. The van der Waals surface area contributed by atoms with E-state index in [1.165, 1.54) is 0 Å². The SMILES string of the molecule is Cc1cc(C)cc(-n2nc(C(C)C)c(C=O)c2Cl)c1. The van der Waals surface area contributed by atoms with E-state index in [-0.39, 0.29) is 5.92 Å². The molecule has 2 aromatic rings. The van der Waals surface area contributed by atoms with Gasteiger partial charge in [0, 0.05) is 0 Å². The number of hydrogen-bond donors (Lipinski definition) is 0. The van der Waals surface area contributed by atoms with Crippen LogP contribution >= 0.6 is 11.6 Å². The number of rotatable bonds is 3. The van der Waals surface area contributed by atoms with Crippen LogP contribution in [0.1, 0.15) is 46.9 Å². The quantitative estimate of drug-likeness (QED) is 0.792. The molecule has 0 aliphatic carbocycles. The second-order valence-electron chi connectivity index (χ2n) is 5.12. The van der Waals surface area contributed by atoms with Gasteiger partial charge in [-0.15, -0.1) is 0 Å². The van der Waals surface area contributed by atoms with E-state index < -0.39 is 0 Å². The van der Waals surface area contributed by atoms with Crippen molar-refractivity contribution in [2.24, 2.45) is 0 Å². The lowest BCUT2D eigenvalue weighted by Gasteiger charge is -2.06. The Hall–Kier alpha value is -1.61. The fourth-order valence-electron chi connectivity index (χ4n) is 2.20. The average molecular weight is 277 g/mol. The Morgan fingerprint density at radius 3 is 2.21 bits per heavy atom. The normalized spacial score (nSPS) is 11.1. The smallest absolute Gasteiger partial charge is 0.155 e. The van der Waals surface area contributed by atoms with Crippen LogP contribution in [0.4, 0.5) is 0 Å². The first-order valence-electron chi connectivity index (χ1n) is 6.26. The van der Waals surface area contributed by atoms with Gasteiger partial charge < -0.3 is 0 Å². The predicted molar refractivity (Wildman–Crippen MR) is 77.5 cm³/mol. The van der Waals surface area contributed by atoms with E-state index in [1.807, 2.05) is 39.8 Å². The first-order chi connectivity index (χ1) is 8.93. The molecule has 0 saturated carbocycles. The molecule has 2 rings (SSSR count). The van der Waals surface area contributed by atoms with Crippen molar-refractivity contribution in [2.75, 3.05) is 0 Å². The Kier molecular flexibility index (Phi) is 3.76. The van der Waals surface area contributed by atoms with Gasteiger partial charge in [-0.05, 0) is 43.0 Å². The van der Waals surface area contributed by atoms with Crippen molar-refractivity contribution in [2.45, 2.75) is 33.6 Å². The lowest BCUT2D eigenvalue weighted by Crippen LogP contribution is -1.99. The standard InChI is InChI=1S/C15H17ClN2O/c1-9(2)14-13(8-19)15(16)18(17-14)12-6-10(3)5-11(4)7-12/h5-9H,1-4H3. The molecule has 0 amide bonds. The third-order valence-electron chi connectivity index (χ3n) is 3.01. The molecule has 0 fully saturated rings. The summed E-state index contributed by atoms with van der Waals surface area (Å²) < 4.78 is 1.64. The van der Waals surface area contributed by atoms with E-state index in [9.17, 15) is 4.79 Å². The van der Waals surface area contributed by atoms with Gasteiger partial charge in [-0.2, -0.15) is 5.10 Å². The number of halogens is 1. The molecule has 0 radical (unpaired) electrons. The lowest BCUT2D eigenvalue weighted by atomic mass is 10.1. The number of aryl methyl sites for hydroxylation is 2. The summed E-state index contributed by atoms with van der Waals surface area (Å²) in [4.78, 5) is 11.2. The van der Waals surface area contributed by atoms with Crippen molar-refractivity contribution in [1.82, 2.24) is 9.78 Å². The van der Waals surface area contributed by atoms with Crippen LogP contribution in [0.25, 0.3) is 5.69 Å². The van der Waals surface area contributed by atoms with Crippen LogP contribution in [0.15, 0.2) is 18.2 Å². The molecule has 4 heteroatoms. The number of carbonyl (C=O) groups excluding carboxylic acids is 1. The number of aldehydes is 1. The topological polar surface area (TPSA) is 34.9 Å². The van der Waals surface area contributed by atoms with Crippen molar-refractivity contribution in [1.29, 1.82) is 0 Å². The monoisotopic (exact) mass is 276 g/mol. The highest BCUT2D eigenvalue weighted by atomic mass is 35.5. The van der Waals surface area contributed by atoms with Gasteiger partial charge in [0.05, 0.1) is 16.9 Å². The molecular formula is C15H17ClN2O. The zero-order chi connectivity index (χ0) is 14.2. The molecule has 0 aliphatic heterocycles. The van der Waals surface area contributed by atoms with Crippen molar-refractivity contribution in [3.05, 3.63) is 45.7 Å². The third-order valence-corrected chi connectivity index (χ3v) is 3.37. The molecule has 0 spiro atoms. The molecule has 0 unspecified atom stereocenters. The van der Waals surface area contributed by atoms with E-state index in [4.69, 9.17) is 11.6 Å². The van der Waals surface area contributed by atoms with E-state index in [0.717, 1.165) is 28.8 Å². The Bertz CT molecular complexity index is 609. The minimum Gasteiger partial charge on any atom is -0.298 e. The zero-order valence-corrected chi connectivity index (χ0v) is 12.3. The molecule has 1 aromatic heterocycles. The number of hydrogen-bond acceptors (Lipinski definition) is 2. The van der Waals surface area contributed by atoms with Crippen LogP contribution < -0.4 is 0 Å². The third kappa shape index (κ3) is 2.56. The van der Waals surface area contributed by atoms with Gasteiger partial charge in [0.15, 0.2) is 6.29 Å². The summed E-state index contributed by atoms with van der Waals surface area (Å²) in [6.07, 6.45) is 0.782. The highest BCUT2D eigenvalue weighted by molar-refractivity contribution is 6.32. The van der Waals surface area contributed by atoms with Gasteiger partial charge in [-0.1, -0.05) is 31.5 Å². The number of benzene rings is 1. The molecule has 3 nitrogen and oxygen atoms in total. The highest BCUT2D eigenvalue weighted by Gasteiger charge is 2.19. The van der Waals surface area contributed by atoms with Gasteiger partial charge in [0.2, 0.25) is 0 Å². The zero-order valence-electron chi connectivity index (χ0n) is 11.6. The van der Waals surface area contributed by atoms with Crippen LogP contribution in [0.2, 0.25) is 5.15 Å². The van der Waals surface area contributed by atoms with Crippen molar-refractivity contribution >= 4 is 17.9 Å². The highest BCUT2D eigenvalue weighted by Crippen LogP contribution is 2.27. The van der Waals surface area contributed by atoms with Gasteiger partial charge >= 0.3 is 0 Å². The molecule has 19 heavy (non-hydrogen) atoms. The van der Waals surface area contributed by atoms with Crippen molar-refractivity contribution in [3.8, 4) is 5.69 Å². The second-order valence-corrected chi connectivity index (χ2v) is 5.48. The van der Waals surface area contributed by atoms with Gasteiger partial charge in [0.1, 0.15) is 5.15 Å². The maximum atomic E-state index is 11.2. The molecule has 0 saturated heterocycles. The summed E-state index contributed by atoms with van der Waals surface area (Å²) in [5.41, 5.74) is 4.38. The molecule has 0 aliphatic rings. The fourth-order valence-corrected chi connectivity index (χ4v) is 2.48. The second kappa shape index (κ2) is 5.17. The number of aromatic nitrogens is 2. The predicted octanol–water partition coefficient (Wildman–Crippen LogP) is 4.08. The Balaban J connectivity index is 2.65. The summed E-state index contributed by atoms with van der Waals surface area (Å²) in [5, 5.41) is 4.86. The van der Waals surface area contributed by atoms with Crippen molar-refractivity contribution < 1.29 is 4.79 Å². The molecule has 0 N–H and O–H groups in total. The van der Waals surface area contributed by atoms with Crippen LogP contribution in [0.3, 0.4) is 0 Å².